The molecule has 3 rings (SSSR count). The van der Waals surface area contributed by atoms with E-state index in [-0.39, 0.29) is 5.91 Å². The summed E-state index contributed by atoms with van der Waals surface area (Å²) in [6, 6.07) is 16.5. The summed E-state index contributed by atoms with van der Waals surface area (Å²) in [5.74, 6) is 0.105. The molecule has 0 saturated carbocycles. The number of hydrogen-bond acceptors (Lipinski definition) is 1. The third-order valence-corrected chi connectivity index (χ3v) is 6.01. The molecule has 0 radical (unpaired) electrons. The average molecular weight is 388 g/mol. The summed E-state index contributed by atoms with van der Waals surface area (Å²) in [5.41, 5.74) is 3.34. The molecular formula is C22H30ClN3O+2. The summed E-state index contributed by atoms with van der Waals surface area (Å²) in [7, 11) is 0. The Balaban J connectivity index is 1.51. The first-order chi connectivity index (χ1) is 13.1. The number of aryl methyl sites for hydroxylation is 1. The molecule has 1 saturated heterocycles. The van der Waals surface area contributed by atoms with Crippen LogP contribution in [0.5, 0.6) is 0 Å². The average Bonchev–Trinajstić information content (AvgIpc) is 2.69. The molecule has 1 atom stereocenters. The van der Waals surface area contributed by atoms with Crippen LogP contribution in [0, 0.1) is 0 Å². The molecule has 144 valence electrons. The Morgan fingerprint density at radius 3 is 2.44 bits per heavy atom. The molecule has 1 aliphatic heterocycles. The van der Waals surface area contributed by atoms with Crippen molar-refractivity contribution in [2.24, 2.45) is 0 Å². The van der Waals surface area contributed by atoms with E-state index < -0.39 is 0 Å². The topological polar surface area (TPSA) is 38.0 Å². The Hall–Kier alpha value is -1.88. The van der Waals surface area contributed by atoms with Gasteiger partial charge in [0.25, 0.3) is 5.91 Å². The largest absolute Gasteiger partial charge is 0.321 e. The minimum absolute atomic E-state index is 0.105. The van der Waals surface area contributed by atoms with E-state index in [1.54, 1.807) is 4.90 Å². The van der Waals surface area contributed by atoms with Crippen molar-refractivity contribution >= 4 is 23.2 Å². The summed E-state index contributed by atoms with van der Waals surface area (Å²) in [4.78, 5) is 15.4. The van der Waals surface area contributed by atoms with Gasteiger partial charge in [-0.3, -0.25) is 4.79 Å². The third kappa shape index (κ3) is 5.10. The number of carbonyl (C=O) groups excluding carboxylic acids is 1. The van der Waals surface area contributed by atoms with Crippen LogP contribution in [-0.4, -0.2) is 38.6 Å². The molecule has 5 heteroatoms. The van der Waals surface area contributed by atoms with E-state index >= 15 is 0 Å². The number of piperazine rings is 1. The van der Waals surface area contributed by atoms with Crippen molar-refractivity contribution in [2.75, 3.05) is 38.0 Å². The summed E-state index contributed by atoms with van der Waals surface area (Å²) < 4.78 is 0. The van der Waals surface area contributed by atoms with E-state index in [0.29, 0.717) is 12.6 Å². The zero-order chi connectivity index (χ0) is 19.2. The lowest BCUT2D eigenvalue weighted by Gasteiger charge is -2.33. The van der Waals surface area contributed by atoms with Crippen molar-refractivity contribution in [1.82, 2.24) is 0 Å². The van der Waals surface area contributed by atoms with Crippen LogP contribution in [0.15, 0.2) is 48.5 Å². The highest BCUT2D eigenvalue weighted by molar-refractivity contribution is 6.31. The standard InChI is InChI=1S/C22H28ClN3O/c1-3-18-8-4-7-11-21(18)24-22(27)16-25-12-14-26(15-13-25)17(2)19-9-5-6-10-20(19)23/h4-11,17H,3,12-16H2,1-2H3,(H,24,27)/p+2/t17-/m0/s1. The van der Waals surface area contributed by atoms with Crippen molar-refractivity contribution < 1.29 is 14.6 Å². The fourth-order valence-corrected chi connectivity index (χ4v) is 4.25. The Morgan fingerprint density at radius 2 is 1.74 bits per heavy atom. The molecule has 27 heavy (non-hydrogen) atoms. The molecule has 0 bridgehead atoms. The summed E-state index contributed by atoms with van der Waals surface area (Å²) >= 11 is 6.37. The number of amides is 1. The van der Waals surface area contributed by atoms with E-state index in [4.69, 9.17) is 11.6 Å². The maximum atomic E-state index is 12.5. The van der Waals surface area contributed by atoms with Crippen molar-refractivity contribution in [2.45, 2.75) is 26.3 Å². The van der Waals surface area contributed by atoms with Crippen molar-refractivity contribution in [3.63, 3.8) is 0 Å². The van der Waals surface area contributed by atoms with Crippen LogP contribution in [0.3, 0.4) is 0 Å². The number of para-hydroxylation sites is 1. The second kappa shape index (κ2) is 9.36. The van der Waals surface area contributed by atoms with Gasteiger partial charge in [0.1, 0.15) is 32.2 Å². The molecule has 3 N–H and O–H groups in total. The monoisotopic (exact) mass is 387 g/mol. The Morgan fingerprint density at radius 1 is 1.07 bits per heavy atom. The first kappa shape index (κ1) is 19.9. The first-order valence-corrected chi connectivity index (χ1v) is 10.3. The molecule has 0 aromatic heterocycles. The maximum Gasteiger partial charge on any atom is 0.279 e. The third-order valence-electron chi connectivity index (χ3n) is 5.67. The van der Waals surface area contributed by atoms with E-state index in [9.17, 15) is 4.79 Å². The number of hydrogen-bond donors (Lipinski definition) is 3. The predicted molar refractivity (Wildman–Crippen MR) is 111 cm³/mol. The molecular weight excluding hydrogens is 358 g/mol. The highest BCUT2D eigenvalue weighted by atomic mass is 35.5. The van der Waals surface area contributed by atoms with Crippen molar-refractivity contribution in [1.29, 1.82) is 0 Å². The minimum Gasteiger partial charge on any atom is -0.321 e. The fourth-order valence-electron chi connectivity index (χ4n) is 3.95. The first-order valence-electron chi connectivity index (χ1n) is 9.88. The zero-order valence-corrected chi connectivity index (χ0v) is 17.0. The Labute approximate surface area is 167 Å². The van der Waals surface area contributed by atoms with Crippen LogP contribution < -0.4 is 15.1 Å². The number of carbonyl (C=O) groups is 1. The number of anilines is 1. The van der Waals surface area contributed by atoms with Crippen LogP contribution in [0.1, 0.15) is 31.0 Å². The minimum atomic E-state index is 0.105. The molecule has 0 spiro atoms. The van der Waals surface area contributed by atoms with Crippen LogP contribution in [-0.2, 0) is 11.2 Å². The smallest absolute Gasteiger partial charge is 0.279 e. The van der Waals surface area contributed by atoms with Crippen molar-refractivity contribution in [3.05, 3.63) is 64.7 Å². The van der Waals surface area contributed by atoms with E-state index in [2.05, 4.69) is 37.4 Å². The lowest BCUT2D eigenvalue weighted by atomic mass is 10.1. The van der Waals surface area contributed by atoms with Crippen LogP contribution in [0.2, 0.25) is 5.02 Å². The van der Waals surface area contributed by atoms with Gasteiger partial charge in [0.05, 0.1) is 0 Å². The SMILES string of the molecule is CCc1ccccc1NC(=O)C[NH+]1CC[NH+]([C@@H](C)c2ccccc2Cl)CC1. The second-order valence-corrected chi connectivity index (χ2v) is 7.79. The predicted octanol–water partition coefficient (Wildman–Crippen LogP) is 1.39. The lowest BCUT2D eigenvalue weighted by molar-refractivity contribution is -1.02. The van der Waals surface area contributed by atoms with Crippen LogP contribution >= 0.6 is 11.6 Å². The van der Waals surface area contributed by atoms with E-state index in [0.717, 1.165) is 43.3 Å². The molecule has 1 heterocycles. The molecule has 0 unspecified atom stereocenters. The van der Waals surface area contributed by atoms with Gasteiger partial charge >= 0.3 is 0 Å². The Bertz CT molecular complexity index is 772. The lowest BCUT2D eigenvalue weighted by Crippen LogP contribution is -3.28. The van der Waals surface area contributed by atoms with Gasteiger partial charge in [0, 0.05) is 16.3 Å². The molecule has 1 amide bonds. The van der Waals surface area contributed by atoms with E-state index in [1.807, 2.05) is 30.3 Å². The number of halogens is 1. The molecule has 0 aliphatic carbocycles. The number of nitrogens with one attached hydrogen (secondary N) is 3. The zero-order valence-electron chi connectivity index (χ0n) is 16.2. The van der Waals surface area contributed by atoms with Crippen LogP contribution in [0.4, 0.5) is 5.69 Å². The van der Waals surface area contributed by atoms with Crippen molar-refractivity contribution in [3.8, 4) is 0 Å². The fraction of sp³-hybridized carbons (Fsp3) is 0.409. The quantitative estimate of drug-likeness (QED) is 0.688. The van der Waals surface area contributed by atoms with Gasteiger partial charge in [-0.1, -0.05) is 54.9 Å². The van der Waals surface area contributed by atoms with Gasteiger partial charge in [-0.15, -0.1) is 0 Å². The van der Waals surface area contributed by atoms with Gasteiger partial charge in [-0.25, -0.2) is 0 Å². The number of quaternary nitrogens is 2. The Kier molecular flexibility index (Phi) is 6.89. The van der Waals surface area contributed by atoms with Gasteiger partial charge in [0.15, 0.2) is 6.54 Å². The number of benzene rings is 2. The molecule has 2 aromatic carbocycles. The summed E-state index contributed by atoms with van der Waals surface area (Å²) in [6.07, 6.45) is 0.922. The molecule has 4 nitrogen and oxygen atoms in total. The normalized spacial score (nSPS) is 20.9. The highest BCUT2D eigenvalue weighted by Gasteiger charge is 2.29. The maximum absolute atomic E-state index is 12.5. The second-order valence-electron chi connectivity index (χ2n) is 7.39. The van der Waals surface area contributed by atoms with Gasteiger partial charge in [-0.05, 0) is 31.0 Å². The highest BCUT2D eigenvalue weighted by Crippen LogP contribution is 2.20. The number of rotatable bonds is 6. The summed E-state index contributed by atoms with van der Waals surface area (Å²) in [5, 5.41) is 3.94. The molecule has 1 fully saturated rings. The molecule has 2 aromatic rings. The van der Waals surface area contributed by atoms with Gasteiger partial charge in [-0.2, -0.15) is 0 Å². The molecule has 1 aliphatic rings. The van der Waals surface area contributed by atoms with Gasteiger partial charge < -0.3 is 15.1 Å². The van der Waals surface area contributed by atoms with Crippen LogP contribution in [0.25, 0.3) is 0 Å². The van der Waals surface area contributed by atoms with E-state index in [1.165, 1.54) is 16.0 Å². The summed E-state index contributed by atoms with van der Waals surface area (Å²) in [6.45, 7) is 9.02. The van der Waals surface area contributed by atoms with Gasteiger partial charge in [0.2, 0.25) is 0 Å².